The molecular weight excluding hydrogens is 362 g/mol. The molecule has 2 aliphatic rings. The minimum absolute atomic E-state index is 0.0558. The van der Waals surface area contributed by atoms with Crippen LogP contribution >= 0.6 is 0 Å². The number of carbonyl (C=O) groups excluding carboxylic acids is 3. The van der Waals surface area contributed by atoms with Gasteiger partial charge in [0.2, 0.25) is 0 Å². The number of carbonyl (C=O) groups is 3. The number of fused-ring (bicyclic) bond motifs is 1. The molecule has 3 rings (SSSR count). The van der Waals surface area contributed by atoms with E-state index in [0.29, 0.717) is 12.0 Å². The van der Waals surface area contributed by atoms with E-state index in [9.17, 15) is 14.4 Å². The third-order valence-corrected chi connectivity index (χ3v) is 5.67. The molecule has 0 bridgehead atoms. The summed E-state index contributed by atoms with van der Waals surface area (Å²) in [7, 11) is 2.52. The Hall–Kier alpha value is -2.57. The number of piperidine rings is 1. The molecule has 1 saturated carbocycles. The van der Waals surface area contributed by atoms with Crippen LogP contribution in [0.15, 0.2) is 18.2 Å². The second-order valence-corrected chi connectivity index (χ2v) is 7.36. The lowest BCUT2D eigenvalue weighted by Gasteiger charge is -2.44. The molecule has 0 aromatic heterocycles. The number of nitrogens with zero attached hydrogens (tertiary/aromatic N) is 1. The van der Waals surface area contributed by atoms with E-state index < -0.39 is 11.9 Å². The molecule has 1 saturated heterocycles. The van der Waals surface area contributed by atoms with Crippen LogP contribution in [0.25, 0.3) is 0 Å². The molecule has 1 aromatic carbocycles. The highest BCUT2D eigenvalue weighted by Crippen LogP contribution is 2.35. The van der Waals surface area contributed by atoms with Crippen LogP contribution in [0.3, 0.4) is 0 Å². The topological polar surface area (TPSA) is 82.1 Å². The lowest BCUT2D eigenvalue weighted by molar-refractivity contribution is -0.139. The van der Waals surface area contributed by atoms with E-state index in [1.54, 1.807) is 0 Å². The zero-order chi connectivity index (χ0) is 20.1. The van der Waals surface area contributed by atoms with Crippen molar-refractivity contribution < 1.29 is 28.6 Å². The Bertz CT molecular complexity index is 710. The summed E-state index contributed by atoms with van der Waals surface area (Å²) in [5, 5.41) is 0. The first-order chi connectivity index (χ1) is 13.5. The van der Waals surface area contributed by atoms with Crippen LogP contribution in [0.2, 0.25) is 0 Å². The summed E-state index contributed by atoms with van der Waals surface area (Å²) in [6.07, 6.45) is 6.88. The number of likely N-dealkylation sites (tertiary alicyclic amines) is 1. The maximum atomic E-state index is 12.8. The quantitative estimate of drug-likeness (QED) is 0.720. The summed E-state index contributed by atoms with van der Waals surface area (Å²) < 4.78 is 15.1. The summed E-state index contributed by atoms with van der Waals surface area (Å²) in [6, 6.07) is 4.62. The molecule has 2 fully saturated rings. The average Bonchev–Trinajstić information content (AvgIpc) is 2.75. The Morgan fingerprint density at radius 1 is 0.929 bits per heavy atom. The van der Waals surface area contributed by atoms with Gasteiger partial charge in [-0.15, -0.1) is 0 Å². The van der Waals surface area contributed by atoms with Crippen molar-refractivity contribution in [2.75, 3.05) is 27.4 Å². The van der Waals surface area contributed by atoms with Crippen LogP contribution < -0.4 is 4.74 Å². The molecule has 0 unspecified atom stereocenters. The normalized spacial score (nSPS) is 21.4. The Kier molecular flexibility index (Phi) is 6.54. The van der Waals surface area contributed by atoms with Gasteiger partial charge in [0.05, 0.1) is 25.3 Å². The van der Waals surface area contributed by atoms with Crippen molar-refractivity contribution in [1.29, 1.82) is 0 Å². The first kappa shape index (κ1) is 20.2. The number of hydrogen-bond donors (Lipinski definition) is 0. The fourth-order valence-corrected chi connectivity index (χ4v) is 4.32. The van der Waals surface area contributed by atoms with Crippen molar-refractivity contribution >= 4 is 17.8 Å². The highest BCUT2D eigenvalue weighted by Gasteiger charge is 2.35. The highest BCUT2D eigenvalue weighted by atomic mass is 16.5. The average molecular weight is 389 g/mol. The number of methoxy groups -OCH3 is 2. The highest BCUT2D eigenvalue weighted by molar-refractivity contribution is 5.96. The van der Waals surface area contributed by atoms with Crippen molar-refractivity contribution in [3.05, 3.63) is 29.3 Å². The van der Waals surface area contributed by atoms with E-state index in [4.69, 9.17) is 14.2 Å². The lowest BCUT2D eigenvalue weighted by atomic mass is 9.78. The van der Waals surface area contributed by atoms with E-state index in [-0.39, 0.29) is 29.4 Å². The molecule has 2 atom stereocenters. The smallest absolute Gasteiger partial charge is 0.338 e. The summed E-state index contributed by atoms with van der Waals surface area (Å²) in [5.74, 6) is -0.389. The first-order valence-electron chi connectivity index (χ1n) is 9.77. The number of amides is 1. The maximum Gasteiger partial charge on any atom is 0.338 e. The molecule has 0 radical (unpaired) electrons. The number of benzene rings is 1. The van der Waals surface area contributed by atoms with Gasteiger partial charge in [0.15, 0.2) is 6.61 Å². The molecule has 7 heteroatoms. The number of ether oxygens (including phenoxy) is 3. The third kappa shape index (κ3) is 4.46. The van der Waals surface area contributed by atoms with E-state index in [0.717, 1.165) is 25.8 Å². The molecule has 7 nitrogen and oxygen atoms in total. The van der Waals surface area contributed by atoms with Gasteiger partial charge in [0, 0.05) is 12.6 Å². The van der Waals surface area contributed by atoms with Gasteiger partial charge in [0.25, 0.3) is 5.91 Å². The number of hydrogen-bond acceptors (Lipinski definition) is 6. The predicted octanol–water partition coefficient (Wildman–Crippen LogP) is 2.82. The Morgan fingerprint density at radius 3 is 2.18 bits per heavy atom. The maximum absolute atomic E-state index is 12.8. The number of esters is 2. The van der Waals surface area contributed by atoms with Gasteiger partial charge in [-0.3, -0.25) is 4.79 Å². The minimum Gasteiger partial charge on any atom is -0.484 e. The molecule has 152 valence electrons. The van der Waals surface area contributed by atoms with Crippen LogP contribution in [-0.4, -0.2) is 56.2 Å². The second kappa shape index (κ2) is 9.08. The monoisotopic (exact) mass is 389 g/mol. The molecular formula is C21H27NO6. The van der Waals surface area contributed by atoms with Crippen LogP contribution in [0.5, 0.6) is 5.75 Å². The van der Waals surface area contributed by atoms with Gasteiger partial charge in [-0.05, 0) is 49.8 Å². The van der Waals surface area contributed by atoms with Crippen LogP contribution in [0.1, 0.15) is 59.2 Å². The third-order valence-electron chi connectivity index (χ3n) is 5.67. The van der Waals surface area contributed by atoms with Crippen molar-refractivity contribution in [2.24, 2.45) is 5.92 Å². The predicted molar refractivity (Wildman–Crippen MR) is 101 cm³/mol. The first-order valence-corrected chi connectivity index (χ1v) is 9.77. The molecule has 1 heterocycles. The molecule has 0 N–H and O–H groups in total. The number of rotatable bonds is 5. The van der Waals surface area contributed by atoms with E-state index >= 15 is 0 Å². The fourth-order valence-electron chi connectivity index (χ4n) is 4.32. The Morgan fingerprint density at radius 2 is 1.54 bits per heavy atom. The molecule has 1 aliphatic heterocycles. The van der Waals surface area contributed by atoms with Gasteiger partial charge in [-0.1, -0.05) is 12.8 Å². The van der Waals surface area contributed by atoms with Gasteiger partial charge in [-0.2, -0.15) is 0 Å². The van der Waals surface area contributed by atoms with E-state index in [1.807, 2.05) is 4.90 Å². The fraction of sp³-hybridized carbons (Fsp3) is 0.571. The lowest BCUT2D eigenvalue weighted by Crippen LogP contribution is -2.51. The van der Waals surface area contributed by atoms with Crippen molar-refractivity contribution in [3.8, 4) is 5.75 Å². The van der Waals surface area contributed by atoms with Gasteiger partial charge < -0.3 is 19.1 Å². The second-order valence-electron chi connectivity index (χ2n) is 7.36. The molecule has 1 aliphatic carbocycles. The SMILES string of the molecule is COC(=O)c1cc(OCC(=O)N2CCC[C@@H]3CCCC[C@H]32)cc(C(=O)OC)c1. The van der Waals surface area contributed by atoms with Crippen molar-refractivity contribution in [2.45, 2.75) is 44.6 Å². The van der Waals surface area contributed by atoms with Crippen LogP contribution in [0, 0.1) is 5.92 Å². The molecule has 1 aromatic rings. The zero-order valence-electron chi connectivity index (χ0n) is 16.4. The zero-order valence-corrected chi connectivity index (χ0v) is 16.4. The summed E-state index contributed by atoms with van der Waals surface area (Å²) in [6.45, 7) is 0.632. The Balaban J connectivity index is 1.71. The van der Waals surface area contributed by atoms with Crippen LogP contribution in [-0.2, 0) is 14.3 Å². The van der Waals surface area contributed by atoms with Gasteiger partial charge in [0.1, 0.15) is 5.75 Å². The summed E-state index contributed by atoms with van der Waals surface area (Å²) in [5.41, 5.74) is 0.330. The summed E-state index contributed by atoms with van der Waals surface area (Å²) >= 11 is 0. The Labute approximate surface area is 164 Å². The molecule has 28 heavy (non-hydrogen) atoms. The largest absolute Gasteiger partial charge is 0.484 e. The minimum atomic E-state index is -0.594. The van der Waals surface area contributed by atoms with Gasteiger partial charge >= 0.3 is 11.9 Å². The van der Waals surface area contributed by atoms with Crippen LogP contribution in [0.4, 0.5) is 0 Å². The standard InChI is InChI=1S/C21H27NO6/c1-26-20(24)15-10-16(21(25)27-2)12-17(11-15)28-13-19(23)22-9-5-7-14-6-3-4-8-18(14)22/h10-12,14,18H,3-9,13H2,1-2H3/t14-,18+/m0/s1. The van der Waals surface area contributed by atoms with Gasteiger partial charge in [-0.25, -0.2) is 9.59 Å². The molecule has 1 amide bonds. The van der Waals surface area contributed by atoms with Crippen molar-refractivity contribution in [1.82, 2.24) is 4.90 Å². The van der Waals surface area contributed by atoms with E-state index in [1.165, 1.54) is 51.7 Å². The summed E-state index contributed by atoms with van der Waals surface area (Å²) in [4.78, 5) is 38.5. The van der Waals surface area contributed by atoms with E-state index in [2.05, 4.69) is 0 Å². The molecule has 0 spiro atoms. The van der Waals surface area contributed by atoms with Crippen molar-refractivity contribution in [3.63, 3.8) is 0 Å².